The molecule has 104 valence electrons. The van der Waals surface area contributed by atoms with Crippen molar-refractivity contribution in [2.24, 2.45) is 0 Å². The molecule has 2 atom stereocenters. The molecule has 0 aliphatic carbocycles. The quantitative estimate of drug-likeness (QED) is 0.862. The van der Waals surface area contributed by atoms with E-state index in [9.17, 15) is 13.9 Å². The minimum Gasteiger partial charge on any atom is -0.393 e. The molecule has 3 rings (SSSR count). The van der Waals surface area contributed by atoms with E-state index in [0.717, 1.165) is 12.8 Å². The van der Waals surface area contributed by atoms with Crippen molar-refractivity contribution in [3.8, 4) is 0 Å². The zero-order valence-corrected chi connectivity index (χ0v) is 10.5. The molecule has 2 N–H and O–H groups in total. The summed E-state index contributed by atoms with van der Waals surface area (Å²) in [4.78, 5) is 1.79. The van der Waals surface area contributed by atoms with Crippen LogP contribution in [0.1, 0.15) is 31.2 Å². The van der Waals surface area contributed by atoms with E-state index in [1.807, 2.05) is 0 Å². The highest BCUT2D eigenvalue weighted by atomic mass is 19.1. The lowest BCUT2D eigenvalue weighted by Crippen LogP contribution is -2.45. The molecule has 1 aromatic rings. The van der Waals surface area contributed by atoms with Crippen LogP contribution >= 0.6 is 0 Å². The number of nitrogens with zero attached hydrogens (tertiary/aromatic N) is 1. The highest BCUT2D eigenvalue weighted by Crippen LogP contribution is 2.41. The Morgan fingerprint density at radius 2 is 1.63 bits per heavy atom. The molecule has 0 saturated carbocycles. The van der Waals surface area contributed by atoms with E-state index < -0.39 is 11.6 Å². The van der Waals surface area contributed by atoms with E-state index in [2.05, 4.69) is 0 Å². The lowest BCUT2D eigenvalue weighted by atomic mass is 9.98. The average molecular weight is 269 g/mol. The van der Waals surface area contributed by atoms with Crippen molar-refractivity contribution in [3.63, 3.8) is 0 Å². The zero-order chi connectivity index (χ0) is 13.6. The Morgan fingerprint density at radius 3 is 2.11 bits per heavy atom. The summed E-state index contributed by atoms with van der Waals surface area (Å²) >= 11 is 0. The van der Waals surface area contributed by atoms with Gasteiger partial charge in [-0.1, -0.05) is 0 Å². The molecule has 0 aromatic heterocycles. The number of hydrogen-bond donors (Lipinski definition) is 2. The summed E-state index contributed by atoms with van der Waals surface area (Å²) in [6.07, 6.45) is 2.50. The van der Waals surface area contributed by atoms with Crippen LogP contribution in [0.5, 0.6) is 0 Å². The van der Waals surface area contributed by atoms with Crippen molar-refractivity contribution >= 4 is 5.69 Å². The number of hydrogen-bond acceptors (Lipinski definition) is 3. The minimum atomic E-state index is -0.627. The van der Waals surface area contributed by atoms with Crippen LogP contribution in [0, 0.1) is 11.6 Å². The van der Waals surface area contributed by atoms with Gasteiger partial charge in [0.25, 0.3) is 0 Å². The predicted octanol–water partition coefficient (Wildman–Crippen LogP) is 1.95. The fraction of sp³-hybridized carbons (Fsp3) is 0.571. The van der Waals surface area contributed by atoms with E-state index in [-0.39, 0.29) is 36.0 Å². The van der Waals surface area contributed by atoms with Crippen LogP contribution in [0.2, 0.25) is 0 Å². The van der Waals surface area contributed by atoms with Crippen molar-refractivity contribution in [3.05, 3.63) is 29.3 Å². The average Bonchev–Trinajstić information content (AvgIpc) is 2.61. The molecular weight excluding hydrogens is 252 g/mol. The van der Waals surface area contributed by atoms with Crippen molar-refractivity contribution in [1.29, 1.82) is 0 Å². The lowest BCUT2D eigenvalue weighted by molar-refractivity contribution is 0.125. The SMILES string of the molecule is OCc1cc(F)c(N2C3CCC2CC(O)C3)c(F)c1. The van der Waals surface area contributed by atoms with Crippen molar-refractivity contribution in [1.82, 2.24) is 0 Å². The first-order valence-electron chi connectivity index (χ1n) is 6.65. The molecule has 2 saturated heterocycles. The summed E-state index contributed by atoms with van der Waals surface area (Å²) in [6.45, 7) is -0.375. The number of benzene rings is 1. The minimum absolute atomic E-state index is 0.00315. The van der Waals surface area contributed by atoms with Crippen LogP contribution in [0.4, 0.5) is 14.5 Å². The summed E-state index contributed by atoms with van der Waals surface area (Å²) in [7, 11) is 0. The van der Waals surface area contributed by atoms with Gasteiger partial charge in [-0.25, -0.2) is 8.78 Å². The van der Waals surface area contributed by atoms with E-state index in [1.165, 1.54) is 12.1 Å². The molecule has 19 heavy (non-hydrogen) atoms. The zero-order valence-electron chi connectivity index (χ0n) is 10.5. The van der Waals surface area contributed by atoms with Crippen LogP contribution in [0.3, 0.4) is 0 Å². The monoisotopic (exact) mass is 269 g/mol. The largest absolute Gasteiger partial charge is 0.393 e. The second kappa shape index (κ2) is 4.72. The van der Waals surface area contributed by atoms with Gasteiger partial charge in [0.1, 0.15) is 17.3 Å². The molecule has 3 nitrogen and oxygen atoms in total. The fourth-order valence-corrected chi connectivity index (χ4v) is 3.47. The van der Waals surface area contributed by atoms with Crippen molar-refractivity contribution < 1.29 is 19.0 Å². The molecule has 2 fully saturated rings. The number of aliphatic hydroxyl groups is 2. The first-order chi connectivity index (χ1) is 9.10. The highest BCUT2D eigenvalue weighted by molar-refractivity contribution is 5.54. The van der Waals surface area contributed by atoms with E-state index in [4.69, 9.17) is 5.11 Å². The second-order valence-electron chi connectivity index (χ2n) is 5.48. The fourth-order valence-electron chi connectivity index (χ4n) is 3.47. The predicted molar refractivity (Wildman–Crippen MR) is 66.8 cm³/mol. The Kier molecular flexibility index (Phi) is 3.19. The second-order valence-corrected chi connectivity index (χ2v) is 5.48. The molecule has 2 unspecified atom stereocenters. The summed E-state index contributed by atoms with van der Waals surface area (Å²) in [5.41, 5.74) is 0.236. The molecular formula is C14H17F2NO2. The van der Waals surface area contributed by atoms with Gasteiger partial charge in [0.15, 0.2) is 0 Å². The summed E-state index contributed by atoms with van der Waals surface area (Å²) in [5.74, 6) is -1.25. The van der Waals surface area contributed by atoms with Gasteiger partial charge in [-0.15, -0.1) is 0 Å². The molecule has 5 heteroatoms. The van der Waals surface area contributed by atoms with Gasteiger partial charge in [0.05, 0.1) is 12.7 Å². The molecule has 2 aliphatic rings. The molecule has 2 bridgehead atoms. The highest BCUT2D eigenvalue weighted by Gasteiger charge is 2.42. The maximum Gasteiger partial charge on any atom is 0.149 e. The van der Waals surface area contributed by atoms with Crippen LogP contribution in [-0.4, -0.2) is 28.4 Å². The van der Waals surface area contributed by atoms with Gasteiger partial charge in [-0.3, -0.25) is 0 Å². The van der Waals surface area contributed by atoms with Gasteiger partial charge >= 0.3 is 0 Å². The van der Waals surface area contributed by atoms with Gasteiger partial charge in [0, 0.05) is 12.1 Å². The number of anilines is 1. The molecule has 1 aromatic carbocycles. The number of fused-ring (bicyclic) bond motifs is 2. The Hall–Kier alpha value is -1.20. The number of aliphatic hydroxyl groups excluding tert-OH is 2. The summed E-state index contributed by atoms with van der Waals surface area (Å²) in [6, 6.07) is 2.39. The Labute approximate surface area is 110 Å². The Bertz CT molecular complexity index is 457. The topological polar surface area (TPSA) is 43.7 Å². The van der Waals surface area contributed by atoms with E-state index in [0.29, 0.717) is 12.8 Å². The van der Waals surface area contributed by atoms with E-state index in [1.54, 1.807) is 4.90 Å². The molecule has 0 spiro atoms. The van der Waals surface area contributed by atoms with Crippen LogP contribution < -0.4 is 4.90 Å². The van der Waals surface area contributed by atoms with Crippen LogP contribution in [0.25, 0.3) is 0 Å². The van der Waals surface area contributed by atoms with Crippen molar-refractivity contribution in [2.75, 3.05) is 4.90 Å². The molecule has 2 heterocycles. The van der Waals surface area contributed by atoms with Crippen molar-refractivity contribution in [2.45, 2.75) is 50.5 Å². The number of halogens is 2. The molecule has 2 aliphatic heterocycles. The summed E-state index contributed by atoms with van der Waals surface area (Å²) in [5, 5.41) is 18.7. The maximum absolute atomic E-state index is 14.1. The third-order valence-electron chi connectivity index (χ3n) is 4.23. The van der Waals surface area contributed by atoms with Gasteiger partial charge in [0.2, 0.25) is 0 Å². The maximum atomic E-state index is 14.1. The normalized spacial score (nSPS) is 29.9. The molecule has 0 radical (unpaired) electrons. The molecule has 0 amide bonds. The standard InChI is InChI=1S/C14H17F2NO2/c15-12-3-8(7-18)4-13(16)14(12)17-9-1-2-10(17)6-11(19)5-9/h3-4,9-11,18-19H,1-2,5-7H2. The Balaban J connectivity index is 1.99. The Morgan fingerprint density at radius 1 is 1.11 bits per heavy atom. The van der Waals surface area contributed by atoms with Gasteiger partial charge in [-0.05, 0) is 43.4 Å². The van der Waals surface area contributed by atoms with Gasteiger partial charge < -0.3 is 15.1 Å². The van der Waals surface area contributed by atoms with Crippen LogP contribution in [-0.2, 0) is 6.61 Å². The first kappa shape index (κ1) is 12.8. The first-order valence-corrected chi connectivity index (χ1v) is 6.65. The van der Waals surface area contributed by atoms with Gasteiger partial charge in [-0.2, -0.15) is 0 Å². The van der Waals surface area contributed by atoms with Crippen LogP contribution in [0.15, 0.2) is 12.1 Å². The third-order valence-corrected chi connectivity index (χ3v) is 4.23. The van der Waals surface area contributed by atoms with E-state index >= 15 is 0 Å². The smallest absolute Gasteiger partial charge is 0.149 e. The lowest BCUT2D eigenvalue weighted by Gasteiger charge is -2.39. The summed E-state index contributed by atoms with van der Waals surface area (Å²) < 4.78 is 28.2. The number of piperidine rings is 1. The third kappa shape index (κ3) is 2.11. The number of rotatable bonds is 2.